The number of carbonyl (C=O) groups excluding carboxylic acids is 1. The lowest BCUT2D eigenvalue weighted by atomic mass is 10.0. The predicted octanol–water partition coefficient (Wildman–Crippen LogP) is 3.52. The Morgan fingerprint density at radius 1 is 1.50 bits per heavy atom. The lowest BCUT2D eigenvalue weighted by Crippen LogP contribution is -2.17. The summed E-state index contributed by atoms with van der Waals surface area (Å²) < 4.78 is -0.554. The zero-order valence-electron chi connectivity index (χ0n) is 9.40. The van der Waals surface area contributed by atoms with E-state index in [4.69, 9.17) is 0 Å². The summed E-state index contributed by atoms with van der Waals surface area (Å²) in [4.78, 5) is 11.3. The highest BCUT2D eigenvalue weighted by molar-refractivity contribution is 8.15. The molecule has 0 radical (unpaired) electrons. The van der Waals surface area contributed by atoms with Gasteiger partial charge in [-0.3, -0.25) is 4.79 Å². The number of aliphatic hydroxyl groups is 1. The van der Waals surface area contributed by atoms with Crippen LogP contribution in [0.5, 0.6) is 0 Å². The van der Waals surface area contributed by atoms with Gasteiger partial charge in [-0.2, -0.15) is 0 Å². The van der Waals surface area contributed by atoms with Gasteiger partial charge in [0.1, 0.15) is 5.76 Å². The van der Waals surface area contributed by atoms with Crippen molar-refractivity contribution in [1.82, 2.24) is 0 Å². The molecule has 0 amide bonds. The van der Waals surface area contributed by atoms with Crippen LogP contribution < -0.4 is 0 Å². The molecule has 0 bridgehead atoms. The molecule has 0 spiro atoms. The predicted molar refractivity (Wildman–Crippen MR) is 67.4 cm³/mol. The number of hydrogen-bond acceptors (Lipinski definition) is 3. The zero-order chi connectivity index (χ0) is 11.6. The first-order valence-electron chi connectivity index (χ1n) is 5.62. The van der Waals surface area contributed by atoms with Gasteiger partial charge in [-0.1, -0.05) is 35.6 Å². The second-order valence-corrected chi connectivity index (χ2v) is 5.88. The molecule has 0 aromatic heterocycles. The molecule has 0 saturated carbocycles. The van der Waals surface area contributed by atoms with Crippen LogP contribution in [0.3, 0.4) is 0 Å². The second kappa shape index (κ2) is 4.50. The summed E-state index contributed by atoms with van der Waals surface area (Å²) in [6.07, 6.45) is 12.2. The average Bonchev–Trinajstić information content (AvgIpc) is 2.44. The summed E-state index contributed by atoms with van der Waals surface area (Å²) in [5.74, 6) is 0.174. The SMILES string of the molecule is C[C@]1(/C=C2/C=CCCCC2)SC(=O)C=C1O. The van der Waals surface area contributed by atoms with Crippen LogP contribution in [0.25, 0.3) is 0 Å². The molecular weight excluding hydrogens is 220 g/mol. The summed E-state index contributed by atoms with van der Waals surface area (Å²) >= 11 is 1.18. The van der Waals surface area contributed by atoms with Crippen LogP contribution in [0, 0.1) is 0 Å². The van der Waals surface area contributed by atoms with Gasteiger partial charge in [-0.25, -0.2) is 0 Å². The number of carbonyl (C=O) groups is 1. The van der Waals surface area contributed by atoms with Gasteiger partial charge < -0.3 is 5.11 Å². The van der Waals surface area contributed by atoms with Gasteiger partial charge in [0.25, 0.3) is 0 Å². The van der Waals surface area contributed by atoms with Crippen molar-refractivity contribution >= 4 is 16.9 Å². The Bertz CT molecular complexity index is 393. The van der Waals surface area contributed by atoms with E-state index in [2.05, 4.69) is 12.2 Å². The van der Waals surface area contributed by atoms with Crippen LogP contribution in [-0.2, 0) is 4.79 Å². The largest absolute Gasteiger partial charge is 0.510 e. The Balaban J connectivity index is 2.22. The first-order chi connectivity index (χ1) is 7.60. The van der Waals surface area contributed by atoms with E-state index < -0.39 is 4.75 Å². The van der Waals surface area contributed by atoms with Crippen molar-refractivity contribution in [2.24, 2.45) is 0 Å². The van der Waals surface area contributed by atoms with Gasteiger partial charge in [-0.05, 0) is 32.6 Å². The van der Waals surface area contributed by atoms with Crippen LogP contribution in [0.1, 0.15) is 32.6 Å². The van der Waals surface area contributed by atoms with E-state index in [0.717, 1.165) is 12.8 Å². The zero-order valence-corrected chi connectivity index (χ0v) is 10.2. The first kappa shape index (κ1) is 11.5. The van der Waals surface area contributed by atoms with Crippen LogP contribution in [-0.4, -0.2) is 15.0 Å². The molecule has 16 heavy (non-hydrogen) atoms. The topological polar surface area (TPSA) is 37.3 Å². The number of hydrogen-bond donors (Lipinski definition) is 1. The third kappa shape index (κ3) is 2.40. The minimum atomic E-state index is -0.554. The van der Waals surface area contributed by atoms with Gasteiger partial charge in [0, 0.05) is 6.08 Å². The van der Waals surface area contributed by atoms with E-state index in [1.54, 1.807) is 0 Å². The highest BCUT2D eigenvalue weighted by Crippen LogP contribution is 2.40. The number of aliphatic hydroxyl groups excluding tert-OH is 1. The van der Waals surface area contributed by atoms with E-state index in [9.17, 15) is 9.90 Å². The molecule has 1 aliphatic heterocycles. The van der Waals surface area contributed by atoms with Crippen LogP contribution >= 0.6 is 11.8 Å². The van der Waals surface area contributed by atoms with Gasteiger partial charge >= 0.3 is 0 Å². The maximum Gasteiger partial charge on any atom is 0.216 e. The molecule has 1 N–H and O–H groups in total. The van der Waals surface area contributed by atoms with E-state index in [-0.39, 0.29) is 10.9 Å². The summed E-state index contributed by atoms with van der Waals surface area (Å²) in [7, 11) is 0. The third-order valence-electron chi connectivity index (χ3n) is 2.95. The van der Waals surface area contributed by atoms with E-state index in [1.807, 2.05) is 13.0 Å². The normalized spacial score (nSPS) is 32.9. The Hall–Kier alpha value is -0.960. The number of thioether (sulfide) groups is 1. The molecule has 1 heterocycles. The second-order valence-electron chi connectivity index (χ2n) is 4.43. The fraction of sp³-hybridized carbons (Fsp3) is 0.462. The van der Waals surface area contributed by atoms with E-state index in [1.165, 1.54) is 36.3 Å². The Labute approximate surface area is 100 Å². The maximum absolute atomic E-state index is 11.3. The molecule has 2 nitrogen and oxygen atoms in total. The number of rotatable bonds is 1. The lowest BCUT2D eigenvalue weighted by molar-refractivity contribution is -0.106. The van der Waals surface area contributed by atoms with Crippen molar-refractivity contribution in [2.75, 3.05) is 0 Å². The first-order valence-corrected chi connectivity index (χ1v) is 6.44. The van der Waals surface area contributed by atoms with E-state index in [0.29, 0.717) is 0 Å². The van der Waals surface area contributed by atoms with Crippen molar-refractivity contribution in [1.29, 1.82) is 0 Å². The molecule has 0 fully saturated rings. The highest BCUT2D eigenvalue weighted by Gasteiger charge is 2.36. The fourth-order valence-electron chi connectivity index (χ4n) is 2.03. The Morgan fingerprint density at radius 2 is 2.31 bits per heavy atom. The molecule has 86 valence electrons. The van der Waals surface area contributed by atoms with Gasteiger partial charge in [0.05, 0.1) is 4.75 Å². The minimum Gasteiger partial charge on any atom is -0.510 e. The van der Waals surface area contributed by atoms with Crippen LogP contribution in [0.15, 0.2) is 35.6 Å². The molecule has 0 aromatic rings. The molecule has 0 aromatic carbocycles. The van der Waals surface area contributed by atoms with E-state index >= 15 is 0 Å². The average molecular weight is 236 g/mol. The maximum atomic E-state index is 11.3. The molecule has 0 saturated heterocycles. The smallest absolute Gasteiger partial charge is 0.216 e. The summed E-state index contributed by atoms with van der Waals surface area (Å²) in [6.45, 7) is 1.89. The molecular formula is C13H16O2S. The molecule has 0 unspecified atom stereocenters. The fourth-order valence-corrected chi connectivity index (χ4v) is 2.99. The van der Waals surface area contributed by atoms with Crippen molar-refractivity contribution < 1.29 is 9.90 Å². The molecule has 2 rings (SSSR count). The quantitative estimate of drug-likeness (QED) is 0.757. The van der Waals surface area contributed by atoms with Crippen molar-refractivity contribution in [2.45, 2.75) is 37.4 Å². The third-order valence-corrected chi connectivity index (χ3v) is 4.02. The highest BCUT2D eigenvalue weighted by atomic mass is 32.2. The van der Waals surface area contributed by atoms with Crippen LogP contribution in [0.4, 0.5) is 0 Å². The van der Waals surface area contributed by atoms with Crippen molar-refractivity contribution in [3.63, 3.8) is 0 Å². The summed E-state index contributed by atoms with van der Waals surface area (Å²) in [6, 6.07) is 0. The standard InChI is InChI=1S/C13H16O2S/c1-13(11(14)8-12(15)16-13)9-10-6-4-2-3-5-7-10/h4,6,8-9,14H,2-3,5,7H2,1H3/b10-9-/t13-/m1/s1. The summed E-state index contributed by atoms with van der Waals surface area (Å²) in [5, 5.41) is 9.71. The minimum absolute atomic E-state index is 0.0607. The Morgan fingerprint density at radius 3 is 3.00 bits per heavy atom. The Kier molecular flexibility index (Phi) is 3.24. The van der Waals surface area contributed by atoms with Crippen molar-refractivity contribution in [3.05, 3.63) is 35.6 Å². The number of allylic oxidation sites excluding steroid dienone is 3. The van der Waals surface area contributed by atoms with Gasteiger partial charge in [-0.15, -0.1) is 0 Å². The van der Waals surface area contributed by atoms with Crippen LogP contribution in [0.2, 0.25) is 0 Å². The monoisotopic (exact) mass is 236 g/mol. The summed E-state index contributed by atoms with van der Waals surface area (Å²) in [5.41, 5.74) is 1.22. The molecule has 1 aliphatic carbocycles. The molecule has 2 aliphatic rings. The molecule has 1 atom stereocenters. The lowest BCUT2D eigenvalue weighted by Gasteiger charge is -2.19. The van der Waals surface area contributed by atoms with Gasteiger partial charge in [0.2, 0.25) is 5.12 Å². The molecule has 3 heteroatoms. The van der Waals surface area contributed by atoms with Gasteiger partial charge in [0.15, 0.2) is 0 Å². The van der Waals surface area contributed by atoms with Crippen molar-refractivity contribution in [3.8, 4) is 0 Å².